The number of urea groups is 1. The Hall–Kier alpha value is -4.61. The Morgan fingerprint density at radius 1 is 0.959 bits per heavy atom. The number of nitrogens with two attached hydrogens (primary N) is 1. The van der Waals surface area contributed by atoms with Crippen molar-refractivity contribution >= 4 is 40.2 Å². The Morgan fingerprint density at radius 2 is 1.78 bits per heavy atom. The molecule has 0 spiro atoms. The predicted octanol–water partition coefficient (Wildman–Crippen LogP) is 6.68. The van der Waals surface area contributed by atoms with Gasteiger partial charge < -0.3 is 41.2 Å². The number of halogens is 5. The lowest BCUT2D eigenvalue weighted by atomic mass is 10.2. The van der Waals surface area contributed by atoms with Gasteiger partial charge in [0.15, 0.2) is 11.6 Å². The van der Waals surface area contributed by atoms with Crippen LogP contribution in [0.4, 0.5) is 43.8 Å². The zero-order valence-corrected chi connectivity index (χ0v) is 26.8. The van der Waals surface area contributed by atoms with Gasteiger partial charge in [-0.2, -0.15) is 13.2 Å². The highest BCUT2D eigenvalue weighted by molar-refractivity contribution is 7.17. The maximum absolute atomic E-state index is 15.1. The highest BCUT2D eigenvalue weighted by atomic mass is 32.1. The summed E-state index contributed by atoms with van der Waals surface area (Å²) in [6.07, 6.45) is -1.16. The average molecular weight is 705 g/mol. The number of hydrogen-bond acceptors (Lipinski definition) is 9. The maximum Gasteiger partial charge on any atom is 0.416 e. The van der Waals surface area contributed by atoms with Crippen LogP contribution in [0.3, 0.4) is 0 Å². The zero-order valence-electron chi connectivity index (χ0n) is 26.0. The van der Waals surface area contributed by atoms with E-state index in [0.29, 0.717) is 76.6 Å². The van der Waals surface area contributed by atoms with E-state index in [9.17, 15) is 22.4 Å². The summed E-state index contributed by atoms with van der Waals surface area (Å²) in [6, 6.07) is 10.0. The summed E-state index contributed by atoms with van der Waals surface area (Å²) in [5, 5.41) is 10.9. The summed E-state index contributed by atoms with van der Waals surface area (Å²) in [4.78, 5) is 18.6. The molecule has 2 aromatic heterocycles. The molecule has 0 fully saturated rings. The molecule has 1 aliphatic rings. The van der Waals surface area contributed by atoms with E-state index in [1.165, 1.54) is 23.5 Å². The predicted molar refractivity (Wildman–Crippen MR) is 177 cm³/mol. The molecular weight excluding hydrogens is 671 g/mol. The van der Waals surface area contributed by atoms with Crippen LogP contribution in [-0.2, 0) is 22.2 Å². The SMILES string of the molecule is NCCOCCOCCNCc1ccc(-c2cc3c(s2)C(Oc2ccc(NC(=O)Nc4cc(C(F)(F)F)ccc4F)cc2F)=CCN3)nc1. The number of anilines is 3. The zero-order chi connectivity index (χ0) is 34.8. The molecule has 0 saturated carbocycles. The number of ether oxygens (including phenoxy) is 3. The molecule has 49 heavy (non-hydrogen) atoms. The number of alkyl halides is 3. The quantitative estimate of drug-likeness (QED) is 0.0685. The van der Waals surface area contributed by atoms with Crippen LogP contribution in [0.15, 0.2) is 66.9 Å². The second-order valence-electron chi connectivity index (χ2n) is 10.6. The topological polar surface area (TPSA) is 132 Å². The van der Waals surface area contributed by atoms with E-state index in [0.717, 1.165) is 32.8 Å². The maximum atomic E-state index is 15.1. The largest absolute Gasteiger partial charge is 0.453 e. The van der Waals surface area contributed by atoms with E-state index in [-0.39, 0.29) is 11.4 Å². The van der Waals surface area contributed by atoms with E-state index in [2.05, 4.69) is 20.9 Å². The third-order valence-corrected chi connectivity index (χ3v) is 8.12. The summed E-state index contributed by atoms with van der Waals surface area (Å²) < 4.78 is 84.7. The second kappa shape index (κ2) is 16.7. The number of benzene rings is 2. The first-order valence-corrected chi connectivity index (χ1v) is 15.9. The summed E-state index contributed by atoms with van der Waals surface area (Å²) in [5.74, 6) is -1.57. The van der Waals surface area contributed by atoms with Crippen molar-refractivity contribution in [3.63, 3.8) is 0 Å². The minimum atomic E-state index is -4.73. The van der Waals surface area contributed by atoms with Crippen molar-refractivity contribution in [3.05, 3.63) is 94.5 Å². The fraction of sp³-hybridized carbons (Fsp3) is 0.273. The van der Waals surface area contributed by atoms with Crippen molar-refractivity contribution in [1.82, 2.24) is 10.3 Å². The number of pyridine rings is 1. The first-order valence-electron chi connectivity index (χ1n) is 15.1. The van der Waals surface area contributed by atoms with Crippen molar-refractivity contribution in [2.45, 2.75) is 12.7 Å². The Bertz CT molecular complexity index is 1770. The molecule has 0 radical (unpaired) electrons. The van der Waals surface area contributed by atoms with Gasteiger partial charge in [0.2, 0.25) is 0 Å². The van der Waals surface area contributed by atoms with Gasteiger partial charge >= 0.3 is 12.2 Å². The molecule has 0 aliphatic carbocycles. The standard InChI is InChI=1S/C33H33F5N6O4S/c34-23-4-2-21(33(36,37)38)15-26(23)44-32(45)43-22-3-6-28(24(35)16-22)48-29-7-9-41-27-17-30(49-31(27)29)25-5-1-20(19-42-25)18-40-10-12-47-14-13-46-11-8-39/h1-7,15-17,19,40-41H,8-14,18,39H2,(H2,43,44,45). The Morgan fingerprint density at radius 3 is 2.51 bits per heavy atom. The molecule has 260 valence electrons. The summed E-state index contributed by atoms with van der Waals surface area (Å²) in [6.45, 7) is 4.34. The van der Waals surface area contributed by atoms with Crippen molar-refractivity contribution in [1.29, 1.82) is 0 Å². The minimum absolute atomic E-state index is 0.0321. The van der Waals surface area contributed by atoms with Gasteiger partial charge in [-0.15, -0.1) is 11.3 Å². The molecule has 10 nitrogen and oxygen atoms in total. The fourth-order valence-electron chi connectivity index (χ4n) is 4.59. The number of hydrogen-bond donors (Lipinski definition) is 5. The second-order valence-corrected chi connectivity index (χ2v) is 11.6. The third-order valence-electron chi connectivity index (χ3n) is 6.95. The lowest BCUT2D eigenvalue weighted by Crippen LogP contribution is -2.20. The number of fused-ring (bicyclic) bond motifs is 1. The van der Waals surface area contributed by atoms with E-state index >= 15 is 4.39 Å². The highest BCUT2D eigenvalue weighted by Crippen LogP contribution is 2.41. The molecule has 3 heterocycles. The van der Waals surface area contributed by atoms with Crippen LogP contribution in [0.1, 0.15) is 16.0 Å². The van der Waals surface area contributed by atoms with Crippen molar-refractivity contribution < 1.29 is 41.0 Å². The Labute approximate surface area is 282 Å². The van der Waals surface area contributed by atoms with Crippen LogP contribution >= 0.6 is 11.3 Å². The normalized spacial score (nSPS) is 12.6. The van der Waals surface area contributed by atoms with Crippen LogP contribution < -0.4 is 31.7 Å². The lowest BCUT2D eigenvalue weighted by molar-refractivity contribution is -0.137. The molecule has 0 unspecified atom stereocenters. The molecule has 6 N–H and O–H groups in total. The monoisotopic (exact) mass is 704 g/mol. The number of rotatable bonds is 15. The van der Waals surface area contributed by atoms with Crippen LogP contribution in [0.2, 0.25) is 0 Å². The number of thiophene rings is 1. The number of amides is 2. The summed E-state index contributed by atoms with van der Waals surface area (Å²) in [7, 11) is 0. The Balaban J connectivity index is 1.15. The molecule has 1 aliphatic heterocycles. The number of carbonyl (C=O) groups is 1. The molecule has 2 amide bonds. The van der Waals surface area contributed by atoms with Crippen molar-refractivity contribution in [2.24, 2.45) is 5.73 Å². The van der Waals surface area contributed by atoms with Gasteiger partial charge in [0, 0.05) is 44.1 Å². The van der Waals surface area contributed by atoms with Gasteiger partial charge in [0.1, 0.15) is 11.6 Å². The van der Waals surface area contributed by atoms with Crippen LogP contribution in [0.5, 0.6) is 5.75 Å². The van der Waals surface area contributed by atoms with Gasteiger partial charge in [0.05, 0.1) is 58.8 Å². The van der Waals surface area contributed by atoms with Crippen molar-refractivity contribution in [3.8, 4) is 16.3 Å². The van der Waals surface area contributed by atoms with Gasteiger partial charge in [-0.25, -0.2) is 13.6 Å². The number of carbonyl (C=O) groups excluding carboxylic acids is 1. The molecule has 4 aromatic rings. The van der Waals surface area contributed by atoms with Gasteiger partial charge in [-0.05, 0) is 54.1 Å². The van der Waals surface area contributed by atoms with Crippen LogP contribution in [0.25, 0.3) is 16.3 Å². The van der Waals surface area contributed by atoms with Crippen molar-refractivity contribution in [2.75, 3.05) is 62.0 Å². The van der Waals surface area contributed by atoms with Gasteiger partial charge in [-0.1, -0.05) is 6.07 Å². The van der Waals surface area contributed by atoms with E-state index in [4.69, 9.17) is 19.9 Å². The number of nitrogens with one attached hydrogen (secondary N) is 4. The van der Waals surface area contributed by atoms with Crippen LogP contribution in [0, 0.1) is 11.6 Å². The molecule has 16 heteroatoms. The summed E-state index contributed by atoms with van der Waals surface area (Å²) >= 11 is 1.42. The van der Waals surface area contributed by atoms with Crippen LogP contribution in [-0.4, -0.2) is 57.1 Å². The van der Waals surface area contributed by atoms with E-state index in [1.807, 2.05) is 23.5 Å². The number of aromatic nitrogens is 1. The lowest BCUT2D eigenvalue weighted by Gasteiger charge is -2.17. The summed E-state index contributed by atoms with van der Waals surface area (Å²) in [5.41, 5.74) is 6.09. The van der Waals surface area contributed by atoms with Gasteiger partial charge in [0.25, 0.3) is 0 Å². The third kappa shape index (κ3) is 9.96. The molecule has 0 saturated heterocycles. The fourth-order valence-corrected chi connectivity index (χ4v) is 5.67. The molecule has 5 rings (SSSR count). The van der Waals surface area contributed by atoms with E-state index in [1.54, 1.807) is 12.3 Å². The first kappa shape index (κ1) is 35.7. The van der Waals surface area contributed by atoms with Gasteiger partial charge in [-0.3, -0.25) is 4.98 Å². The average Bonchev–Trinajstić information content (AvgIpc) is 3.51. The minimum Gasteiger partial charge on any atom is -0.453 e. The molecule has 0 atom stereocenters. The first-order chi connectivity index (χ1) is 23.6. The Kier molecular flexibility index (Phi) is 12.1. The molecule has 0 bridgehead atoms. The number of nitrogens with zero attached hydrogens (tertiary/aromatic N) is 1. The molecule has 2 aromatic carbocycles. The molecular formula is C33H33F5N6O4S. The highest BCUT2D eigenvalue weighted by Gasteiger charge is 2.31. The van der Waals surface area contributed by atoms with E-state index < -0.39 is 35.1 Å². The smallest absolute Gasteiger partial charge is 0.416 e.